The van der Waals surface area contributed by atoms with Crippen LogP contribution in [0.1, 0.15) is 11.1 Å². The van der Waals surface area contributed by atoms with Crippen molar-refractivity contribution in [2.45, 2.75) is 19.3 Å². The summed E-state index contributed by atoms with van der Waals surface area (Å²) in [6, 6.07) is 9.97. The lowest BCUT2D eigenvalue weighted by atomic mass is 10.2. The summed E-state index contributed by atoms with van der Waals surface area (Å²) in [6.07, 6.45) is 3.33. The lowest BCUT2D eigenvalue weighted by Gasteiger charge is -2.19. The molecule has 1 heterocycles. The molecule has 0 saturated carbocycles. The van der Waals surface area contributed by atoms with Crippen LogP contribution in [0, 0.1) is 0 Å². The van der Waals surface area contributed by atoms with Gasteiger partial charge in [0.25, 0.3) is 0 Å². The Balaban J connectivity index is 1.65. The molecule has 21 heavy (non-hydrogen) atoms. The maximum atomic E-state index is 9.99. The van der Waals surface area contributed by atoms with E-state index in [1.54, 1.807) is 4.68 Å². The molecule has 2 rings (SSSR count). The lowest BCUT2D eigenvalue weighted by molar-refractivity contribution is 0.0127. The average molecular weight is 289 g/mol. The first-order valence-corrected chi connectivity index (χ1v) is 7.09. The van der Waals surface area contributed by atoms with Crippen molar-refractivity contribution in [3.63, 3.8) is 0 Å². The van der Waals surface area contributed by atoms with Crippen LogP contribution in [0.5, 0.6) is 0 Å². The van der Waals surface area contributed by atoms with E-state index in [0.717, 1.165) is 17.7 Å². The minimum absolute atomic E-state index is 0.340. The topological polar surface area (TPSA) is 50.5 Å². The SMILES string of the molecule is CN(Cc1cnn(C)c1)CC(O)COCc1ccccc1. The van der Waals surface area contributed by atoms with E-state index in [1.165, 1.54) is 0 Å². The first kappa shape index (κ1) is 15.7. The summed E-state index contributed by atoms with van der Waals surface area (Å²) in [5.74, 6) is 0. The number of aliphatic hydroxyl groups is 1. The number of aromatic nitrogens is 2. The molecule has 0 saturated heterocycles. The highest BCUT2D eigenvalue weighted by atomic mass is 16.5. The van der Waals surface area contributed by atoms with E-state index in [2.05, 4.69) is 10.00 Å². The van der Waals surface area contributed by atoms with E-state index in [4.69, 9.17) is 4.74 Å². The van der Waals surface area contributed by atoms with Crippen molar-refractivity contribution in [1.29, 1.82) is 0 Å². The summed E-state index contributed by atoms with van der Waals surface area (Å²) in [5.41, 5.74) is 2.26. The normalized spacial score (nSPS) is 12.8. The van der Waals surface area contributed by atoms with Crippen LogP contribution in [0.3, 0.4) is 0 Å². The summed E-state index contributed by atoms with van der Waals surface area (Å²) >= 11 is 0. The molecule has 0 amide bonds. The standard InChI is InChI=1S/C16H23N3O2/c1-18(9-15-8-17-19(2)10-15)11-16(20)13-21-12-14-6-4-3-5-7-14/h3-8,10,16,20H,9,11-13H2,1-2H3. The molecule has 0 aliphatic heterocycles. The van der Waals surface area contributed by atoms with Gasteiger partial charge in [-0.3, -0.25) is 9.58 Å². The first-order chi connectivity index (χ1) is 10.1. The smallest absolute Gasteiger partial charge is 0.0900 e. The Kier molecular flexibility index (Phi) is 5.92. The van der Waals surface area contributed by atoms with Crippen molar-refractivity contribution in [2.24, 2.45) is 7.05 Å². The molecule has 0 spiro atoms. The lowest BCUT2D eigenvalue weighted by Crippen LogP contribution is -2.31. The second-order valence-electron chi connectivity index (χ2n) is 5.37. The highest BCUT2D eigenvalue weighted by Crippen LogP contribution is 2.04. The van der Waals surface area contributed by atoms with Crippen LogP contribution in [0.15, 0.2) is 42.7 Å². The van der Waals surface area contributed by atoms with Gasteiger partial charge in [0.2, 0.25) is 0 Å². The molecule has 5 nitrogen and oxygen atoms in total. The molecule has 0 fully saturated rings. The molecular weight excluding hydrogens is 266 g/mol. The molecule has 0 aliphatic rings. The second kappa shape index (κ2) is 7.93. The van der Waals surface area contributed by atoms with Crippen LogP contribution in [0.25, 0.3) is 0 Å². The van der Waals surface area contributed by atoms with Crippen molar-refractivity contribution in [3.05, 3.63) is 53.9 Å². The number of hydrogen-bond donors (Lipinski definition) is 1. The number of nitrogens with zero attached hydrogens (tertiary/aromatic N) is 3. The third-order valence-electron chi connectivity index (χ3n) is 3.16. The fraction of sp³-hybridized carbons (Fsp3) is 0.438. The Bertz CT molecular complexity index is 527. The molecule has 114 valence electrons. The summed E-state index contributed by atoms with van der Waals surface area (Å²) in [7, 11) is 3.88. The van der Waals surface area contributed by atoms with E-state index in [0.29, 0.717) is 19.8 Å². The average Bonchev–Trinajstić information content (AvgIpc) is 2.85. The van der Waals surface area contributed by atoms with Gasteiger partial charge in [0.1, 0.15) is 0 Å². The zero-order valence-electron chi connectivity index (χ0n) is 12.6. The van der Waals surface area contributed by atoms with Crippen LogP contribution in [-0.4, -0.2) is 46.1 Å². The fourth-order valence-electron chi connectivity index (χ4n) is 2.23. The Morgan fingerprint density at radius 2 is 2.05 bits per heavy atom. The molecule has 1 N–H and O–H groups in total. The monoisotopic (exact) mass is 289 g/mol. The predicted octanol–water partition coefficient (Wildman–Crippen LogP) is 1.43. The van der Waals surface area contributed by atoms with Crippen LogP contribution < -0.4 is 0 Å². The van der Waals surface area contributed by atoms with Gasteiger partial charge in [-0.2, -0.15) is 5.10 Å². The number of ether oxygens (including phenoxy) is 1. The molecular formula is C16H23N3O2. The molecule has 1 atom stereocenters. The maximum Gasteiger partial charge on any atom is 0.0900 e. The number of benzene rings is 1. The summed E-state index contributed by atoms with van der Waals surface area (Å²) < 4.78 is 7.32. The van der Waals surface area contributed by atoms with Gasteiger partial charge in [0, 0.05) is 31.9 Å². The van der Waals surface area contributed by atoms with Crippen LogP contribution in [0.2, 0.25) is 0 Å². The Hall–Kier alpha value is -1.69. The number of aryl methyl sites for hydroxylation is 1. The quantitative estimate of drug-likeness (QED) is 0.799. The minimum atomic E-state index is -0.490. The van der Waals surface area contributed by atoms with E-state index in [-0.39, 0.29) is 0 Å². The predicted molar refractivity (Wildman–Crippen MR) is 81.6 cm³/mol. The van der Waals surface area contributed by atoms with Crippen molar-refractivity contribution >= 4 is 0 Å². The minimum Gasteiger partial charge on any atom is -0.389 e. The van der Waals surface area contributed by atoms with E-state index < -0.39 is 6.10 Å². The number of aliphatic hydroxyl groups excluding tert-OH is 1. The van der Waals surface area contributed by atoms with Gasteiger partial charge in [-0.05, 0) is 12.6 Å². The van der Waals surface area contributed by atoms with Gasteiger partial charge in [0.15, 0.2) is 0 Å². The van der Waals surface area contributed by atoms with E-state index in [1.807, 2.05) is 56.8 Å². The molecule has 1 aromatic carbocycles. The largest absolute Gasteiger partial charge is 0.389 e. The number of likely N-dealkylation sites (N-methyl/N-ethyl adjacent to an activating group) is 1. The van der Waals surface area contributed by atoms with Gasteiger partial charge in [0.05, 0.1) is 25.5 Å². The zero-order chi connectivity index (χ0) is 15.1. The summed E-state index contributed by atoms with van der Waals surface area (Å²) in [4.78, 5) is 2.06. The van der Waals surface area contributed by atoms with Gasteiger partial charge >= 0.3 is 0 Å². The maximum absolute atomic E-state index is 9.99. The van der Waals surface area contributed by atoms with Gasteiger partial charge < -0.3 is 9.84 Å². The van der Waals surface area contributed by atoms with Gasteiger partial charge in [-0.1, -0.05) is 30.3 Å². The van der Waals surface area contributed by atoms with Crippen LogP contribution in [0.4, 0.5) is 0 Å². The van der Waals surface area contributed by atoms with E-state index >= 15 is 0 Å². The molecule has 1 unspecified atom stereocenters. The molecule has 0 aliphatic carbocycles. The summed E-state index contributed by atoms with van der Waals surface area (Å²) in [5, 5.41) is 14.1. The third kappa shape index (κ3) is 5.67. The van der Waals surface area contributed by atoms with Crippen molar-refractivity contribution < 1.29 is 9.84 Å². The molecule has 2 aromatic rings. The molecule has 5 heteroatoms. The molecule has 0 radical (unpaired) electrons. The Labute approximate surface area is 125 Å². The van der Waals surface area contributed by atoms with Crippen molar-refractivity contribution in [3.8, 4) is 0 Å². The van der Waals surface area contributed by atoms with Gasteiger partial charge in [-0.15, -0.1) is 0 Å². The first-order valence-electron chi connectivity index (χ1n) is 7.09. The fourth-order valence-corrected chi connectivity index (χ4v) is 2.23. The summed E-state index contributed by atoms with van der Waals surface area (Å²) in [6.45, 7) is 2.21. The number of rotatable bonds is 8. The van der Waals surface area contributed by atoms with Crippen molar-refractivity contribution in [1.82, 2.24) is 14.7 Å². The highest BCUT2D eigenvalue weighted by molar-refractivity contribution is 5.13. The van der Waals surface area contributed by atoms with Crippen LogP contribution in [-0.2, 0) is 24.9 Å². The highest BCUT2D eigenvalue weighted by Gasteiger charge is 2.09. The molecule has 0 bridgehead atoms. The van der Waals surface area contributed by atoms with Gasteiger partial charge in [-0.25, -0.2) is 0 Å². The van der Waals surface area contributed by atoms with E-state index in [9.17, 15) is 5.11 Å². The molecule has 1 aromatic heterocycles. The number of hydrogen-bond acceptors (Lipinski definition) is 4. The third-order valence-corrected chi connectivity index (χ3v) is 3.16. The zero-order valence-corrected chi connectivity index (χ0v) is 12.6. The Morgan fingerprint density at radius 1 is 1.29 bits per heavy atom. The second-order valence-corrected chi connectivity index (χ2v) is 5.37. The van der Waals surface area contributed by atoms with Crippen molar-refractivity contribution in [2.75, 3.05) is 20.2 Å². The Morgan fingerprint density at radius 3 is 2.71 bits per heavy atom. The van der Waals surface area contributed by atoms with Crippen LogP contribution >= 0.6 is 0 Å².